The minimum atomic E-state index is 0.604. The van der Waals surface area contributed by atoms with Crippen LogP contribution in [-0.2, 0) is 0 Å². The summed E-state index contributed by atoms with van der Waals surface area (Å²) in [4.78, 5) is 2.24. The molecule has 0 amide bonds. The second-order valence-corrected chi connectivity index (χ2v) is 5.44. The lowest BCUT2D eigenvalue weighted by molar-refractivity contribution is 0.414. The van der Waals surface area contributed by atoms with Gasteiger partial charge in [0.25, 0.3) is 0 Å². The van der Waals surface area contributed by atoms with Crippen LogP contribution in [0, 0.1) is 0 Å². The van der Waals surface area contributed by atoms with Crippen molar-refractivity contribution in [1.82, 2.24) is 5.32 Å². The number of unbranched alkanes of at least 4 members (excludes halogenated alkanes) is 2. The summed E-state index contributed by atoms with van der Waals surface area (Å²) < 4.78 is 5.40. The molecule has 20 heavy (non-hydrogen) atoms. The van der Waals surface area contributed by atoms with E-state index in [0.29, 0.717) is 6.04 Å². The first-order valence-corrected chi connectivity index (χ1v) is 7.76. The third kappa shape index (κ3) is 5.83. The van der Waals surface area contributed by atoms with Crippen LogP contribution in [0.25, 0.3) is 0 Å². The van der Waals surface area contributed by atoms with Crippen molar-refractivity contribution in [3.05, 3.63) is 24.3 Å². The van der Waals surface area contributed by atoms with Gasteiger partial charge in [-0.25, -0.2) is 0 Å². The quantitative estimate of drug-likeness (QED) is 0.661. The molecular formula is C17H30N2O. The van der Waals surface area contributed by atoms with Gasteiger partial charge >= 0.3 is 0 Å². The molecule has 0 heterocycles. The first-order valence-electron chi connectivity index (χ1n) is 7.76. The van der Waals surface area contributed by atoms with Crippen LogP contribution in [-0.4, -0.2) is 33.3 Å². The molecule has 1 rings (SSSR count). The fourth-order valence-corrected chi connectivity index (χ4v) is 2.35. The summed E-state index contributed by atoms with van der Waals surface area (Å²) in [7, 11) is 3.84. The highest BCUT2D eigenvalue weighted by atomic mass is 16.5. The van der Waals surface area contributed by atoms with Crippen LogP contribution in [0.2, 0.25) is 0 Å². The van der Waals surface area contributed by atoms with E-state index in [1.54, 1.807) is 7.11 Å². The minimum Gasteiger partial charge on any atom is -0.495 e. The molecule has 0 radical (unpaired) electrons. The standard InChI is InChI=1S/C17H30N2O/c1-5-6-7-10-15(2)18-13-14-19(3)16-11-8-9-12-17(16)20-4/h8-9,11-12,15,18H,5-7,10,13-14H2,1-4H3. The Bertz CT molecular complexity index is 368. The number of nitrogens with one attached hydrogen (secondary N) is 1. The van der Waals surface area contributed by atoms with Gasteiger partial charge in [0.05, 0.1) is 12.8 Å². The summed E-state index contributed by atoms with van der Waals surface area (Å²) in [5.41, 5.74) is 1.15. The van der Waals surface area contributed by atoms with Gasteiger partial charge in [0, 0.05) is 26.2 Å². The van der Waals surface area contributed by atoms with Crippen molar-refractivity contribution >= 4 is 5.69 Å². The predicted molar refractivity (Wildman–Crippen MR) is 87.9 cm³/mol. The maximum Gasteiger partial charge on any atom is 0.142 e. The molecule has 0 fully saturated rings. The summed E-state index contributed by atoms with van der Waals surface area (Å²) >= 11 is 0. The van der Waals surface area contributed by atoms with Gasteiger partial charge in [-0.2, -0.15) is 0 Å². The van der Waals surface area contributed by atoms with Crippen molar-refractivity contribution in [3.63, 3.8) is 0 Å². The Morgan fingerprint density at radius 3 is 2.70 bits per heavy atom. The molecule has 1 aromatic carbocycles. The van der Waals surface area contributed by atoms with E-state index < -0.39 is 0 Å². The molecule has 3 nitrogen and oxygen atoms in total. The Labute approximate surface area is 124 Å². The summed E-state index contributed by atoms with van der Waals surface area (Å²) in [5, 5.41) is 3.60. The molecule has 0 aromatic heterocycles. The molecule has 1 atom stereocenters. The van der Waals surface area contributed by atoms with E-state index in [4.69, 9.17) is 4.74 Å². The third-order valence-electron chi connectivity index (χ3n) is 3.68. The maximum absolute atomic E-state index is 5.40. The van der Waals surface area contributed by atoms with Crippen LogP contribution in [0.5, 0.6) is 5.75 Å². The lowest BCUT2D eigenvalue weighted by Crippen LogP contribution is -2.34. The summed E-state index contributed by atoms with van der Waals surface area (Å²) in [6.45, 7) is 6.51. The number of methoxy groups -OCH3 is 1. The van der Waals surface area contributed by atoms with Crippen LogP contribution < -0.4 is 15.0 Å². The van der Waals surface area contributed by atoms with Gasteiger partial charge < -0.3 is 15.0 Å². The van der Waals surface area contributed by atoms with Crippen LogP contribution >= 0.6 is 0 Å². The van der Waals surface area contributed by atoms with Crippen molar-refractivity contribution in [3.8, 4) is 5.75 Å². The number of likely N-dealkylation sites (N-methyl/N-ethyl adjacent to an activating group) is 1. The number of hydrogen-bond acceptors (Lipinski definition) is 3. The molecular weight excluding hydrogens is 248 g/mol. The Morgan fingerprint density at radius 2 is 2.00 bits per heavy atom. The van der Waals surface area contributed by atoms with E-state index >= 15 is 0 Å². The maximum atomic E-state index is 5.40. The fraction of sp³-hybridized carbons (Fsp3) is 0.647. The van der Waals surface area contributed by atoms with E-state index in [1.807, 2.05) is 12.1 Å². The van der Waals surface area contributed by atoms with Crippen LogP contribution in [0.4, 0.5) is 5.69 Å². The number of hydrogen-bond donors (Lipinski definition) is 1. The molecule has 1 aromatic rings. The van der Waals surface area contributed by atoms with Gasteiger partial charge in [0.1, 0.15) is 5.75 Å². The Morgan fingerprint density at radius 1 is 1.25 bits per heavy atom. The van der Waals surface area contributed by atoms with Crippen molar-refractivity contribution in [1.29, 1.82) is 0 Å². The van der Waals surface area contributed by atoms with Crippen molar-refractivity contribution < 1.29 is 4.74 Å². The average Bonchev–Trinajstić information content (AvgIpc) is 2.47. The number of para-hydroxylation sites is 2. The van der Waals surface area contributed by atoms with Crippen molar-refractivity contribution in [2.24, 2.45) is 0 Å². The van der Waals surface area contributed by atoms with Gasteiger partial charge in [-0.3, -0.25) is 0 Å². The minimum absolute atomic E-state index is 0.604. The smallest absolute Gasteiger partial charge is 0.142 e. The fourth-order valence-electron chi connectivity index (χ4n) is 2.35. The van der Waals surface area contributed by atoms with Gasteiger partial charge in [0.2, 0.25) is 0 Å². The summed E-state index contributed by atoms with van der Waals surface area (Å²) in [5.74, 6) is 0.936. The van der Waals surface area contributed by atoms with E-state index in [2.05, 4.69) is 43.2 Å². The molecule has 0 saturated carbocycles. The van der Waals surface area contributed by atoms with E-state index in [9.17, 15) is 0 Å². The number of nitrogens with zero attached hydrogens (tertiary/aromatic N) is 1. The lowest BCUT2D eigenvalue weighted by Gasteiger charge is -2.23. The third-order valence-corrected chi connectivity index (χ3v) is 3.68. The lowest BCUT2D eigenvalue weighted by atomic mass is 10.1. The Hall–Kier alpha value is -1.22. The predicted octanol–water partition coefficient (Wildman–Crippen LogP) is 3.69. The second kappa shape index (κ2) is 9.65. The zero-order chi connectivity index (χ0) is 14.8. The average molecular weight is 278 g/mol. The Kier molecular flexibility index (Phi) is 8.12. The van der Waals surface area contributed by atoms with Crippen LogP contribution in [0.3, 0.4) is 0 Å². The zero-order valence-electron chi connectivity index (χ0n) is 13.5. The van der Waals surface area contributed by atoms with Gasteiger partial charge in [-0.1, -0.05) is 38.3 Å². The van der Waals surface area contributed by atoms with E-state index in [-0.39, 0.29) is 0 Å². The zero-order valence-corrected chi connectivity index (χ0v) is 13.5. The number of ether oxygens (including phenoxy) is 1. The second-order valence-electron chi connectivity index (χ2n) is 5.44. The molecule has 0 bridgehead atoms. The monoisotopic (exact) mass is 278 g/mol. The van der Waals surface area contributed by atoms with Crippen molar-refractivity contribution in [2.45, 2.75) is 45.6 Å². The first kappa shape index (κ1) is 16.8. The topological polar surface area (TPSA) is 24.5 Å². The largest absolute Gasteiger partial charge is 0.495 e. The number of anilines is 1. The summed E-state index contributed by atoms with van der Waals surface area (Å²) in [6, 6.07) is 8.77. The van der Waals surface area contributed by atoms with E-state index in [1.165, 1.54) is 25.7 Å². The van der Waals surface area contributed by atoms with Crippen LogP contribution in [0.15, 0.2) is 24.3 Å². The highest BCUT2D eigenvalue weighted by Crippen LogP contribution is 2.25. The number of rotatable bonds is 10. The van der Waals surface area contributed by atoms with Crippen LogP contribution in [0.1, 0.15) is 39.5 Å². The molecule has 3 heteroatoms. The van der Waals surface area contributed by atoms with E-state index in [0.717, 1.165) is 24.5 Å². The highest BCUT2D eigenvalue weighted by Gasteiger charge is 2.07. The Balaban J connectivity index is 2.30. The SMILES string of the molecule is CCCCCC(C)NCCN(C)c1ccccc1OC. The summed E-state index contributed by atoms with van der Waals surface area (Å²) in [6.07, 6.45) is 5.23. The van der Waals surface area contributed by atoms with Gasteiger partial charge in [-0.15, -0.1) is 0 Å². The molecule has 0 aliphatic heterocycles. The molecule has 114 valence electrons. The van der Waals surface area contributed by atoms with Gasteiger partial charge in [-0.05, 0) is 25.5 Å². The molecule has 0 saturated heterocycles. The first-order chi connectivity index (χ1) is 9.69. The van der Waals surface area contributed by atoms with Crippen molar-refractivity contribution in [2.75, 3.05) is 32.1 Å². The van der Waals surface area contributed by atoms with Gasteiger partial charge in [0.15, 0.2) is 0 Å². The highest BCUT2D eigenvalue weighted by molar-refractivity contribution is 5.57. The normalized spacial score (nSPS) is 12.2. The molecule has 1 unspecified atom stereocenters. The molecule has 0 spiro atoms. The molecule has 0 aliphatic carbocycles. The molecule has 0 aliphatic rings. The number of benzene rings is 1. The molecule has 1 N–H and O–H groups in total.